The quantitative estimate of drug-likeness (QED) is 0.834. The van der Waals surface area contributed by atoms with Gasteiger partial charge in [-0.05, 0) is 29.3 Å². The van der Waals surface area contributed by atoms with Crippen LogP contribution in [0.5, 0.6) is 0 Å². The van der Waals surface area contributed by atoms with Crippen LogP contribution in [0.25, 0.3) is 0 Å². The Morgan fingerprint density at radius 3 is 2.35 bits per heavy atom. The molecule has 0 aliphatic carbocycles. The van der Waals surface area contributed by atoms with Crippen LogP contribution in [-0.4, -0.2) is 5.11 Å². The Morgan fingerprint density at radius 1 is 1.00 bits per heavy atom. The van der Waals surface area contributed by atoms with Crippen molar-refractivity contribution in [1.29, 1.82) is 0 Å². The first kappa shape index (κ1) is 12.1. The standard InChI is InChI=1S/C14H13FOS/c15-14-4-2-1-3-12(14)10-17-13-7-5-11(9-16)6-8-13/h1-8,16H,9-10H2. The summed E-state index contributed by atoms with van der Waals surface area (Å²) in [5, 5.41) is 8.92. The molecule has 0 heterocycles. The van der Waals surface area contributed by atoms with Crippen LogP contribution >= 0.6 is 11.8 Å². The predicted octanol–water partition coefficient (Wildman–Crippen LogP) is 3.61. The van der Waals surface area contributed by atoms with E-state index in [1.54, 1.807) is 23.9 Å². The Hall–Kier alpha value is -1.32. The van der Waals surface area contributed by atoms with Gasteiger partial charge in [-0.2, -0.15) is 0 Å². The van der Waals surface area contributed by atoms with E-state index in [1.165, 1.54) is 6.07 Å². The Labute approximate surface area is 104 Å². The summed E-state index contributed by atoms with van der Waals surface area (Å²) in [6.07, 6.45) is 0. The van der Waals surface area contributed by atoms with Crippen molar-refractivity contribution >= 4 is 11.8 Å². The van der Waals surface area contributed by atoms with Gasteiger partial charge in [0.15, 0.2) is 0 Å². The number of rotatable bonds is 4. The summed E-state index contributed by atoms with van der Waals surface area (Å²) in [5.41, 5.74) is 1.60. The van der Waals surface area contributed by atoms with E-state index in [4.69, 9.17) is 5.11 Å². The van der Waals surface area contributed by atoms with Crippen molar-refractivity contribution in [3.63, 3.8) is 0 Å². The molecule has 0 unspecified atom stereocenters. The molecule has 0 radical (unpaired) electrons. The summed E-state index contributed by atoms with van der Waals surface area (Å²) < 4.78 is 13.4. The number of aliphatic hydroxyl groups is 1. The minimum Gasteiger partial charge on any atom is -0.392 e. The average Bonchev–Trinajstić information content (AvgIpc) is 2.38. The van der Waals surface area contributed by atoms with Gasteiger partial charge in [-0.3, -0.25) is 0 Å². The lowest BCUT2D eigenvalue weighted by atomic mass is 10.2. The summed E-state index contributed by atoms with van der Waals surface area (Å²) in [6, 6.07) is 14.4. The van der Waals surface area contributed by atoms with Crippen LogP contribution in [0.4, 0.5) is 4.39 Å². The average molecular weight is 248 g/mol. The first-order chi connectivity index (χ1) is 8.29. The molecule has 2 aromatic rings. The topological polar surface area (TPSA) is 20.2 Å². The summed E-state index contributed by atoms with van der Waals surface area (Å²) in [5.74, 6) is 0.456. The second-order valence-corrected chi connectivity index (χ2v) is 4.73. The van der Waals surface area contributed by atoms with Crippen LogP contribution in [0.1, 0.15) is 11.1 Å². The first-order valence-corrected chi connectivity index (χ1v) is 6.34. The van der Waals surface area contributed by atoms with E-state index in [1.807, 2.05) is 30.3 Å². The van der Waals surface area contributed by atoms with Crippen LogP contribution in [-0.2, 0) is 12.4 Å². The molecule has 88 valence electrons. The molecule has 17 heavy (non-hydrogen) atoms. The maximum Gasteiger partial charge on any atom is 0.127 e. The van der Waals surface area contributed by atoms with E-state index in [2.05, 4.69) is 0 Å². The van der Waals surface area contributed by atoms with E-state index in [0.717, 1.165) is 10.5 Å². The number of benzene rings is 2. The van der Waals surface area contributed by atoms with Gasteiger partial charge in [-0.25, -0.2) is 4.39 Å². The van der Waals surface area contributed by atoms with E-state index in [9.17, 15) is 4.39 Å². The highest BCUT2D eigenvalue weighted by Crippen LogP contribution is 2.24. The fraction of sp³-hybridized carbons (Fsp3) is 0.143. The molecule has 1 nitrogen and oxygen atoms in total. The van der Waals surface area contributed by atoms with Crippen LogP contribution in [0.15, 0.2) is 53.4 Å². The van der Waals surface area contributed by atoms with Gasteiger partial charge in [0.2, 0.25) is 0 Å². The highest BCUT2D eigenvalue weighted by atomic mass is 32.2. The van der Waals surface area contributed by atoms with Gasteiger partial charge in [-0.15, -0.1) is 11.8 Å². The molecule has 0 fully saturated rings. The van der Waals surface area contributed by atoms with Gasteiger partial charge >= 0.3 is 0 Å². The van der Waals surface area contributed by atoms with E-state index >= 15 is 0 Å². The zero-order valence-electron chi connectivity index (χ0n) is 9.27. The van der Waals surface area contributed by atoms with Gasteiger partial charge in [0.25, 0.3) is 0 Å². The normalized spacial score (nSPS) is 10.5. The molecule has 3 heteroatoms. The smallest absolute Gasteiger partial charge is 0.127 e. The van der Waals surface area contributed by atoms with E-state index in [-0.39, 0.29) is 12.4 Å². The fourth-order valence-electron chi connectivity index (χ4n) is 1.47. The lowest BCUT2D eigenvalue weighted by molar-refractivity contribution is 0.282. The van der Waals surface area contributed by atoms with Gasteiger partial charge < -0.3 is 5.11 Å². The molecule has 0 aromatic heterocycles. The van der Waals surface area contributed by atoms with Crippen molar-refractivity contribution in [2.24, 2.45) is 0 Å². The van der Waals surface area contributed by atoms with Crippen molar-refractivity contribution in [2.45, 2.75) is 17.3 Å². The molecule has 0 bridgehead atoms. The fourth-order valence-corrected chi connectivity index (χ4v) is 2.35. The highest BCUT2D eigenvalue weighted by Gasteiger charge is 2.01. The molecule has 0 aliphatic heterocycles. The van der Waals surface area contributed by atoms with Gasteiger partial charge in [0.05, 0.1) is 6.61 Å². The Kier molecular flexibility index (Phi) is 4.18. The maximum atomic E-state index is 13.4. The highest BCUT2D eigenvalue weighted by molar-refractivity contribution is 7.98. The molecular formula is C14H13FOS. The van der Waals surface area contributed by atoms with Crippen molar-refractivity contribution in [1.82, 2.24) is 0 Å². The van der Waals surface area contributed by atoms with Crippen molar-refractivity contribution in [3.8, 4) is 0 Å². The lowest BCUT2D eigenvalue weighted by Crippen LogP contribution is -1.87. The number of thioether (sulfide) groups is 1. The molecule has 2 aromatic carbocycles. The summed E-state index contributed by atoms with van der Waals surface area (Å²) in [6.45, 7) is 0.0538. The SMILES string of the molecule is OCc1ccc(SCc2ccccc2F)cc1. The molecule has 0 saturated heterocycles. The van der Waals surface area contributed by atoms with Crippen LogP contribution in [0.2, 0.25) is 0 Å². The van der Waals surface area contributed by atoms with Crippen LogP contribution < -0.4 is 0 Å². The Balaban J connectivity index is 2.00. The third-order valence-electron chi connectivity index (χ3n) is 2.46. The molecule has 2 rings (SSSR count). The van der Waals surface area contributed by atoms with E-state index < -0.39 is 0 Å². The molecule has 0 spiro atoms. The van der Waals surface area contributed by atoms with Crippen molar-refractivity contribution in [3.05, 3.63) is 65.5 Å². The predicted molar refractivity (Wildman–Crippen MR) is 68.3 cm³/mol. The van der Waals surface area contributed by atoms with Crippen molar-refractivity contribution in [2.75, 3.05) is 0 Å². The Bertz CT molecular complexity index is 482. The largest absolute Gasteiger partial charge is 0.392 e. The van der Waals surface area contributed by atoms with Gasteiger partial charge in [-0.1, -0.05) is 30.3 Å². The number of aliphatic hydroxyl groups excluding tert-OH is 1. The zero-order valence-corrected chi connectivity index (χ0v) is 10.1. The molecular weight excluding hydrogens is 235 g/mol. The molecule has 1 N–H and O–H groups in total. The zero-order chi connectivity index (χ0) is 12.1. The monoisotopic (exact) mass is 248 g/mol. The van der Waals surface area contributed by atoms with Gasteiger partial charge in [0.1, 0.15) is 5.82 Å². The van der Waals surface area contributed by atoms with Crippen LogP contribution in [0.3, 0.4) is 0 Å². The summed E-state index contributed by atoms with van der Waals surface area (Å²) >= 11 is 1.59. The second-order valence-electron chi connectivity index (χ2n) is 3.68. The molecule has 0 amide bonds. The third-order valence-corrected chi connectivity index (χ3v) is 3.52. The summed E-state index contributed by atoms with van der Waals surface area (Å²) in [7, 11) is 0. The first-order valence-electron chi connectivity index (χ1n) is 5.35. The lowest BCUT2D eigenvalue weighted by Gasteiger charge is -2.04. The number of hydrogen-bond acceptors (Lipinski definition) is 2. The second kappa shape index (κ2) is 5.84. The van der Waals surface area contributed by atoms with Gasteiger partial charge in [0, 0.05) is 10.6 Å². The third kappa shape index (κ3) is 3.32. The van der Waals surface area contributed by atoms with E-state index in [0.29, 0.717) is 11.3 Å². The number of halogens is 1. The molecule has 0 atom stereocenters. The Morgan fingerprint density at radius 2 is 1.71 bits per heavy atom. The van der Waals surface area contributed by atoms with Crippen LogP contribution in [0, 0.1) is 5.82 Å². The molecule has 0 saturated carbocycles. The van der Waals surface area contributed by atoms with Crippen molar-refractivity contribution < 1.29 is 9.50 Å². The summed E-state index contributed by atoms with van der Waals surface area (Å²) in [4.78, 5) is 1.07. The number of hydrogen-bond donors (Lipinski definition) is 1. The maximum absolute atomic E-state index is 13.4. The minimum atomic E-state index is -0.160. The molecule has 0 aliphatic rings. The minimum absolute atomic E-state index is 0.0538.